The minimum Gasteiger partial charge on any atom is -0.449 e. The lowest BCUT2D eigenvalue weighted by Gasteiger charge is -2.26. The number of rotatable bonds is 5. The van der Waals surface area contributed by atoms with Crippen LogP contribution in [0.1, 0.15) is 19.4 Å². The average molecular weight is 292 g/mol. The molecule has 0 unspecified atom stereocenters. The highest BCUT2D eigenvalue weighted by Gasteiger charge is 2.10. The van der Waals surface area contributed by atoms with Crippen molar-refractivity contribution in [3.63, 3.8) is 0 Å². The smallest absolute Gasteiger partial charge is 0.411 e. The van der Waals surface area contributed by atoms with Gasteiger partial charge in [0.25, 0.3) is 0 Å². The van der Waals surface area contributed by atoms with Crippen molar-refractivity contribution < 1.29 is 14.3 Å². The Balaban J connectivity index is 1.79. The largest absolute Gasteiger partial charge is 0.449 e. The van der Waals surface area contributed by atoms with E-state index in [2.05, 4.69) is 10.2 Å². The van der Waals surface area contributed by atoms with Crippen molar-refractivity contribution in [3.05, 3.63) is 29.8 Å². The molecular formula is C16H24N2O3. The highest BCUT2D eigenvalue weighted by molar-refractivity contribution is 5.84. The van der Waals surface area contributed by atoms with E-state index in [4.69, 9.17) is 9.47 Å². The molecule has 1 aromatic carbocycles. The van der Waals surface area contributed by atoms with Gasteiger partial charge in [-0.2, -0.15) is 0 Å². The lowest BCUT2D eigenvalue weighted by atomic mass is 10.2. The summed E-state index contributed by atoms with van der Waals surface area (Å²) in [6.07, 6.45) is -0.398. The molecule has 21 heavy (non-hydrogen) atoms. The van der Waals surface area contributed by atoms with Crippen LogP contribution in [0.5, 0.6) is 0 Å². The summed E-state index contributed by atoms with van der Waals surface area (Å²) in [4.78, 5) is 13.9. The van der Waals surface area contributed by atoms with Gasteiger partial charge >= 0.3 is 6.09 Å². The molecule has 116 valence electrons. The minimum absolute atomic E-state index is 0.339. The fourth-order valence-electron chi connectivity index (χ4n) is 2.11. The number of carbonyl (C=O) groups excluding carboxylic acids is 1. The maximum Gasteiger partial charge on any atom is 0.411 e. The molecule has 0 spiro atoms. The van der Waals surface area contributed by atoms with Crippen LogP contribution in [0.25, 0.3) is 0 Å². The third-order valence-electron chi connectivity index (χ3n) is 3.26. The van der Waals surface area contributed by atoms with Crippen molar-refractivity contribution in [2.75, 3.05) is 38.2 Å². The van der Waals surface area contributed by atoms with Gasteiger partial charge in [0.2, 0.25) is 0 Å². The lowest BCUT2D eigenvalue weighted by molar-refractivity contribution is 0.0342. The number of nitrogens with zero attached hydrogens (tertiary/aromatic N) is 1. The van der Waals surface area contributed by atoms with E-state index in [1.54, 1.807) is 0 Å². The summed E-state index contributed by atoms with van der Waals surface area (Å²) in [7, 11) is 0. The van der Waals surface area contributed by atoms with Crippen LogP contribution in [0.4, 0.5) is 10.5 Å². The Bertz CT molecular complexity index is 439. The monoisotopic (exact) mass is 292 g/mol. The summed E-state index contributed by atoms with van der Waals surface area (Å²) in [5, 5.41) is 2.73. The zero-order valence-electron chi connectivity index (χ0n) is 12.8. The first-order chi connectivity index (χ1) is 10.1. The number of anilines is 1. The van der Waals surface area contributed by atoms with Gasteiger partial charge in [-0.15, -0.1) is 0 Å². The van der Waals surface area contributed by atoms with E-state index in [1.807, 2.05) is 38.1 Å². The van der Waals surface area contributed by atoms with Crippen molar-refractivity contribution in [2.45, 2.75) is 20.4 Å². The van der Waals surface area contributed by atoms with Gasteiger partial charge in [0.05, 0.1) is 19.8 Å². The molecule has 0 atom stereocenters. The minimum atomic E-state index is -0.398. The SMILES string of the molecule is CC(C)COC(=O)Nc1ccc(CN2CCOCC2)cc1. The summed E-state index contributed by atoms with van der Waals surface area (Å²) < 4.78 is 10.4. The molecule has 1 aromatic rings. The Kier molecular flexibility index (Phi) is 6.02. The topological polar surface area (TPSA) is 50.8 Å². The molecular weight excluding hydrogens is 268 g/mol. The van der Waals surface area contributed by atoms with Gasteiger partial charge in [-0.25, -0.2) is 4.79 Å². The molecule has 0 aromatic heterocycles. The third kappa shape index (κ3) is 5.73. The van der Waals surface area contributed by atoms with E-state index in [1.165, 1.54) is 5.56 Å². The molecule has 1 saturated heterocycles. The lowest BCUT2D eigenvalue weighted by Crippen LogP contribution is -2.35. The average Bonchev–Trinajstić information content (AvgIpc) is 2.48. The summed E-state index contributed by atoms with van der Waals surface area (Å²) in [5.41, 5.74) is 1.99. The molecule has 5 nitrogen and oxygen atoms in total. The second-order valence-electron chi connectivity index (χ2n) is 5.70. The molecule has 1 amide bonds. The summed E-state index contributed by atoms with van der Waals surface area (Å²) in [6.45, 7) is 8.93. The first-order valence-electron chi connectivity index (χ1n) is 7.46. The second kappa shape index (κ2) is 8.00. The van der Waals surface area contributed by atoms with E-state index in [-0.39, 0.29) is 0 Å². The van der Waals surface area contributed by atoms with E-state index in [9.17, 15) is 4.79 Å². The van der Waals surface area contributed by atoms with Gasteiger partial charge < -0.3 is 9.47 Å². The quantitative estimate of drug-likeness (QED) is 0.906. The number of ether oxygens (including phenoxy) is 2. The van der Waals surface area contributed by atoms with Crippen molar-refractivity contribution in [2.24, 2.45) is 5.92 Å². The summed E-state index contributed by atoms with van der Waals surface area (Å²) >= 11 is 0. The molecule has 1 heterocycles. The van der Waals surface area contributed by atoms with Crippen molar-refractivity contribution >= 4 is 11.8 Å². The number of nitrogens with one attached hydrogen (secondary N) is 1. The summed E-state index contributed by atoms with van der Waals surface area (Å²) in [6, 6.07) is 7.89. The van der Waals surface area contributed by atoms with Crippen molar-refractivity contribution in [3.8, 4) is 0 Å². The first kappa shape index (κ1) is 15.8. The summed E-state index contributed by atoms with van der Waals surface area (Å²) in [5.74, 6) is 0.339. The first-order valence-corrected chi connectivity index (χ1v) is 7.46. The molecule has 1 aliphatic rings. The van der Waals surface area contributed by atoms with Crippen LogP contribution >= 0.6 is 0 Å². The van der Waals surface area contributed by atoms with Gasteiger partial charge in [-0.1, -0.05) is 26.0 Å². The molecule has 1 N–H and O–H groups in total. The van der Waals surface area contributed by atoms with Crippen LogP contribution in [0.2, 0.25) is 0 Å². The van der Waals surface area contributed by atoms with Gasteiger partial charge in [0.1, 0.15) is 0 Å². The number of hydrogen-bond donors (Lipinski definition) is 1. The molecule has 1 aliphatic heterocycles. The van der Waals surface area contributed by atoms with E-state index >= 15 is 0 Å². The van der Waals surface area contributed by atoms with E-state index in [0.717, 1.165) is 38.5 Å². The van der Waals surface area contributed by atoms with Crippen molar-refractivity contribution in [1.29, 1.82) is 0 Å². The van der Waals surface area contributed by atoms with Gasteiger partial charge in [-0.3, -0.25) is 10.2 Å². The Labute approximate surface area is 126 Å². The number of carbonyl (C=O) groups is 1. The zero-order valence-corrected chi connectivity index (χ0v) is 12.8. The molecule has 2 rings (SSSR count). The zero-order chi connectivity index (χ0) is 15.1. The fourth-order valence-corrected chi connectivity index (χ4v) is 2.11. The Morgan fingerprint density at radius 1 is 1.29 bits per heavy atom. The van der Waals surface area contributed by atoms with Crippen molar-refractivity contribution in [1.82, 2.24) is 4.90 Å². The van der Waals surface area contributed by atoms with Gasteiger partial charge in [0.15, 0.2) is 0 Å². The molecule has 1 fully saturated rings. The number of amides is 1. The third-order valence-corrected chi connectivity index (χ3v) is 3.26. The van der Waals surface area contributed by atoms with Gasteiger partial charge in [0, 0.05) is 25.3 Å². The number of benzene rings is 1. The van der Waals surface area contributed by atoms with Crippen LogP contribution in [0.3, 0.4) is 0 Å². The highest BCUT2D eigenvalue weighted by Crippen LogP contribution is 2.13. The van der Waals surface area contributed by atoms with Crippen LogP contribution in [-0.2, 0) is 16.0 Å². The molecule has 5 heteroatoms. The molecule has 0 aliphatic carbocycles. The van der Waals surface area contributed by atoms with Gasteiger partial charge in [-0.05, 0) is 23.6 Å². The predicted molar refractivity (Wildman–Crippen MR) is 82.3 cm³/mol. The van der Waals surface area contributed by atoms with Crippen LogP contribution < -0.4 is 5.32 Å². The van der Waals surface area contributed by atoms with Crippen LogP contribution in [-0.4, -0.2) is 43.9 Å². The Hall–Kier alpha value is -1.59. The number of hydrogen-bond acceptors (Lipinski definition) is 4. The number of morpholine rings is 1. The second-order valence-corrected chi connectivity index (χ2v) is 5.70. The van der Waals surface area contributed by atoms with Crippen LogP contribution in [0, 0.1) is 5.92 Å². The normalized spacial score (nSPS) is 16.0. The Morgan fingerprint density at radius 2 is 1.95 bits per heavy atom. The molecule has 0 saturated carbocycles. The van der Waals surface area contributed by atoms with E-state index < -0.39 is 6.09 Å². The van der Waals surface area contributed by atoms with E-state index in [0.29, 0.717) is 12.5 Å². The highest BCUT2D eigenvalue weighted by atomic mass is 16.5. The standard InChI is InChI=1S/C16H24N2O3/c1-13(2)12-21-16(19)17-15-5-3-14(4-6-15)11-18-7-9-20-10-8-18/h3-6,13H,7-12H2,1-2H3,(H,17,19). The Morgan fingerprint density at radius 3 is 2.57 bits per heavy atom. The van der Waals surface area contributed by atoms with Crippen LogP contribution in [0.15, 0.2) is 24.3 Å². The molecule has 0 radical (unpaired) electrons. The molecule has 0 bridgehead atoms. The maximum absolute atomic E-state index is 11.6. The predicted octanol–water partition coefficient (Wildman–Crippen LogP) is 2.72. The fraction of sp³-hybridized carbons (Fsp3) is 0.562. The maximum atomic E-state index is 11.6.